The Labute approximate surface area is 120 Å². The van der Waals surface area contributed by atoms with Gasteiger partial charge < -0.3 is 9.72 Å². The van der Waals surface area contributed by atoms with Gasteiger partial charge in [-0.05, 0) is 49.4 Å². The molecule has 2 aromatic rings. The molecule has 4 nitrogen and oxygen atoms in total. The van der Waals surface area contributed by atoms with E-state index >= 15 is 0 Å². The SMILES string of the molecule is CCOC(=O)c1cc2cc(F)c(C3CCC3)cc2[nH]c1=O. The second-order valence-corrected chi connectivity index (χ2v) is 5.32. The molecule has 1 aromatic carbocycles. The van der Waals surface area contributed by atoms with Crippen molar-refractivity contribution in [3.63, 3.8) is 0 Å². The van der Waals surface area contributed by atoms with Crippen molar-refractivity contribution in [2.24, 2.45) is 0 Å². The molecule has 0 amide bonds. The summed E-state index contributed by atoms with van der Waals surface area (Å²) in [6, 6.07) is 4.45. The van der Waals surface area contributed by atoms with Crippen molar-refractivity contribution in [2.75, 3.05) is 6.61 Å². The largest absolute Gasteiger partial charge is 0.462 e. The van der Waals surface area contributed by atoms with Crippen molar-refractivity contribution in [3.8, 4) is 0 Å². The molecule has 1 aliphatic rings. The van der Waals surface area contributed by atoms with E-state index in [1.165, 1.54) is 12.1 Å². The average molecular weight is 289 g/mol. The minimum atomic E-state index is -0.691. The van der Waals surface area contributed by atoms with Gasteiger partial charge in [0.1, 0.15) is 11.4 Å². The number of aromatic nitrogens is 1. The number of nitrogens with one attached hydrogen (secondary N) is 1. The van der Waals surface area contributed by atoms with E-state index in [1.807, 2.05) is 0 Å². The fraction of sp³-hybridized carbons (Fsp3) is 0.375. The van der Waals surface area contributed by atoms with Gasteiger partial charge in [0.05, 0.1) is 6.61 Å². The van der Waals surface area contributed by atoms with Gasteiger partial charge in [0.2, 0.25) is 0 Å². The Hall–Kier alpha value is -2.17. The van der Waals surface area contributed by atoms with E-state index in [2.05, 4.69) is 4.98 Å². The summed E-state index contributed by atoms with van der Waals surface area (Å²) >= 11 is 0. The summed E-state index contributed by atoms with van der Waals surface area (Å²) in [5.41, 5.74) is 0.594. The maximum absolute atomic E-state index is 14.2. The first kappa shape index (κ1) is 13.8. The lowest BCUT2D eigenvalue weighted by atomic mass is 9.79. The summed E-state index contributed by atoms with van der Waals surface area (Å²) in [4.78, 5) is 26.3. The molecule has 5 heteroatoms. The molecule has 1 saturated carbocycles. The molecule has 1 fully saturated rings. The number of carbonyl (C=O) groups excluding carboxylic acids is 1. The Bertz CT molecular complexity index is 762. The number of hydrogen-bond acceptors (Lipinski definition) is 3. The summed E-state index contributed by atoms with van der Waals surface area (Å²) in [6.07, 6.45) is 3.07. The highest BCUT2D eigenvalue weighted by Gasteiger charge is 2.23. The highest BCUT2D eigenvalue weighted by atomic mass is 19.1. The van der Waals surface area contributed by atoms with Crippen molar-refractivity contribution in [1.82, 2.24) is 4.98 Å². The van der Waals surface area contributed by atoms with E-state index in [0.29, 0.717) is 16.5 Å². The van der Waals surface area contributed by atoms with Gasteiger partial charge in [-0.2, -0.15) is 0 Å². The zero-order valence-corrected chi connectivity index (χ0v) is 11.7. The third-order valence-corrected chi connectivity index (χ3v) is 4.00. The lowest BCUT2D eigenvalue weighted by Crippen LogP contribution is -2.20. The number of ether oxygens (including phenoxy) is 1. The Morgan fingerprint density at radius 1 is 1.38 bits per heavy atom. The van der Waals surface area contributed by atoms with Crippen LogP contribution in [0.2, 0.25) is 0 Å². The molecule has 0 atom stereocenters. The van der Waals surface area contributed by atoms with Gasteiger partial charge in [0.15, 0.2) is 0 Å². The maximum atomic E-state index is 14.2. The van der Waals surface area contributed by atoms with E-state index in [4.69, 9.17) is 4.74 Å². The predicted molar refractivity (Wildman–Crippen MR) is 77.1 cm³/mol. The lowest BCUT2D eigenvalue weighted by Gasteiger charge is -2.26. The van der Waals surface area contributed by atoms with Gasteiger partial charge >= 0.3 is 5.97 Å². The topological polar surface area (TPSA) is 59.2 Å². The molecule has 1 aromatic heterocycles. The third kappa shape index (κ3) is 2.44. The van der Waals surface area contributed by atoms with Crippen molar-refractivity contribution in [2.45, 2.75) is 32.1 Å². The summed E-state index contributed by atoms with van der Waals surface area (Å²) in [6.45, 7) is 1.85. The number of hydrogen-bond donors (Lipinski definition) is 1. The fourth-order valence-corrected chi connectivity index (χ4v) is 2.64. The molecule has 3 rings (SSSR count). The van der Waals surface area contributed by atoms with Crippen LogP contribution in [0.5, 0.6) is 0 Å². The molecule has 1 heterocycles. The van der Waals surface area contributed by atoms with Gasteiger partial charge in [0, 0.05) is 10.9 Å². The number of carbonyl (C=O) groups is 1. The molecular formula is C16H16FNO3. The second kappa shape index (κ2) is 5.31. The van der Waals surface area contributed by atoms with E-state index in [1.54, 1.807) is 13.0 Å². The fourth-order valence-electron chi connectivity index (χ4n) is 2.64. The van der Waals surface area contributed by atoms with Gasteiger partial charge in [-0.1, -0.05) is 6.42 Å². The number of benzene rings is 1. The minimum Gasteiger partial charge on any atom is -0.462 e. The number of rotatable bonds is 3. The summed E-state index contributed by atoms with van der Waals surface area (Å²) in [5, 5.41) is 0.498. The van der Waals surface area contributed by atoms with E-state index in [9.17, 15) is 14.0 Å². The smallest absolute Gasteiger partial charge is 0.343 e. The maximum Gasteiger partial charge on any atom is 0.343 e. The average Bonchev–Trinajstić information content (AvgIpc) is 2.38. The number of halogens is 1. The van der Waals surface area contributed by atoms with Gasteiger partial charge in [-0.3, -0.25) is 4.79 Å². The van der Waals surface area contributed by atoms with Crippen LogP contribution >= 0.6 is 0 Å². The number of H-pyrrole nitrogens is 1. The van der Waals surface area contributed by atoms with Crippen LogP contribution in [-0.2, 0) is 4.74 Å². The molecule has 0 unspecified atom stereocenters. The van der Waals surface area contributed by atoms with Crippen molar-refractivity contribution < 1.29 is 13.9 Å². The predicted octanol–water partition coefficient (Wildman–Crippen LogP) is 3.11. The zero-order chi connectivity index (χ0) is 15.0. The highest BCUT2D eigenvalue weighted by Crippen LogP contribution is 2.38. The number of esters is 1. The van der Waals surface area contributed by atoms with E-state index in [-0.39, 0.29) is 23.9 Å². The number of fused-ring (bicyclic) bond motifs is 1. The third-order valence-electron chi connectivity index (χ3n) is 4.00. The molecule has 0 aliphatic heterocycles. The Balaban J connectivity index is 2.10. The summed E-state index contributed by atoms with van der Waals surface area (Å²) in [5.74, 6) is -0.735. The quantitative estimate of drug-likeness (QED) is 0.883. The normalized spacial score (nSPS) is 15.0. The van der Waals surface area contributed by atoms with E-state index in [0.717, 1.165) is 19.3 Å². The summed E-state index contributed by atoms with van der Waals surface area (Å²) in [7, 11) is 0. The first-order valence-corrected chi connectivity index (χ1v) is 7.13. The van der Waals surface area contributed by atoms with Crippen LogP contribution in [0, 0.1) is 5.82 Å². The molecule has 21 heavy (non-hydrogen) atoms. The van der Waals surface area contributed by atoms with Crippen LogP contribution in [0.15, 0.2) is 23.0 Å². The first-order chi connectivity index (χ1) is 10.1. The molecule has 110 valence electrons. The molecule has 1 aliphatic carbocycles. The second-order valence-electron chi connectivity index (χ2n) is 5.32. The van der Waals surface area contributed by atoms with Crippen LogP contribution in [0.4, 0.5) is 4.39 Å². The summed E-state index contributed by atoms with van der Waals surface area (Å²) < 4.78 is 19.0. The van der Waals surface area contributed by atoms with Crippen molar-refractivity contribution in [3.05, 3.63) is 45.5 Å². The lowest BCUT2D eigenvalue weighted by molar-refractivity contribution is 0.0524. The van der Waals surface area contributed by atoms with Crippen LogP contribution in [0.1, 0.15) is 48.0 Å². The number of aromatic amines is 1. The minimum absolute atomic E-state index is 0.0971. The molecule has 0 saturated heterocycles. The molecule has 0 radical (unpaired) electrons. The molecule has 0 bridgehead atoms. The van der Waals surface area contributed by atoms with Gasteiger partial charge in [-0.25, -0.2) is 9.18 Å². The Morgan fingerprint density at radius 3 is 2.76 bits per heavy atom. The van der Waals surface area contributed by atoms with Crippen LogP contribution in [0.3, 0.4) is 0 Å². The van der Waals surface area contributed by atoms with Crippen molar-refractivity contribution >= 4 is 16.9 Å². The van der Waals surface area contributed by atoms with Crippen LogP contribution in [0.25, 0.3) is 10.9 Å². The monoisotopic (exact) mass is 289 g/mol. The van der Waals surface area contributed by atoms with Crippen LogP contribution < -0.4 is 5.56 Å². The molecule has 1 N–H and O–H groups in total. The van der Waals surface area contributed by atoms with Gasteiger partial charge in [0.25, 0.3) is 5.56 Å². The zero-order valence-electron chi connectivity index (χ0n) is 11.7. The molecular weight excluding hydrogens is 273 g/mol. The van der Waals surface area contributed by atoms with Crippen LogP contribution in [-0.4, -0.2) is 17.6 Å². The Kier molecular flexibility index (Phi) is 3.49. The van der Waals surface area contributed by atoms with Gasteiger partial charge in [-0.15, -0.1) is 0 Å². The Morgan fingerprint density at radius 2 is 2.14 bits per heavy atom. The first-order valence-electron chi connectivity index (χ1n) is 7.13. The number of pyridine rings is 1. The van der Waals surface area contributed by atoms with Crippen molar-refractivity contribution in [1.29, 1.82) is 0 Å². The highest BCUT2D eigenvalue weighted by molar-refractivity contribution is 5.93. The molecule has 0 spiro atoms. The standard InChI is InChI=1S/C16H16FNO3/c1-2-21-16(20)12-6-10-7-13(17)11(9-4-3-5-9)8-14(10)18-15(12)19/h6-9H,2-5H2,1H3,(H,18,19). The van der Waals surface area contributed by atoms with E-state index < -0.39 is 11.5 Å².